The Kier molecular flexibility index (Phi) is 11.1. The summed E-state index contributed by atoms with van der Waals surface area (Å²) in [5, 5.41) is 8.98. The highest BCUT2D eigenvalue weighted by Crippen LogP contribution is 2.37. The topological polar surface area (TPSA) is 49.8 Å². The lowest BCUT2D eigenvalue weighted by Crippen LogP contribution is -2.31. The molecule has 0 heterocycles. The van der Waals surface area contributed by atoms with Crippen molar-refractivity contribution in [2.24, 2.45) is 0 Å². The molecule has 226 valence electrons. The molecule has 0 aliphatic heterocycles. The Morgan fingerprint density at radius 1 is 0.977 bits per heavy atom. The van der Waals surface area contributed by atoms with Crippen LogP contribution in [0.5, 0.6) is 5.75 Å². The average Bonchev–Trinajstić information content (AvgIpc) is 2.98. The predicted octanol–water partition coefficient (Wildman–Crippen LogP) is 9.02. The van der Waals surface area contributed by atoms with E-state index in [4.69, 9.17) is 16.3 Å². The van der Waals surface area contributed by atoms with E-state index in [0.29, 0.717) is 25.1 Å². The van der Waals surface area contributed by atoms with Gasteiger partial charge in [0.15, 0.2) is 0 Å². The first kappa shape index (κ1) is 32.4. The summed E-state index contributed by atoms with van der Waals surface area (Å²) in [5.41, 5.74) is 1.19. The molecule has 0 unspecified atom stereocenters. The zero-order valence-corrected chi connectivity index (χ0v) is 24.9. The molecule has 0 saturated carbocycles. The number of aromatic carboxylic acids is 1. The van der Waals surface area contributed by atoms with Gasteiger partial charge in [-0.1, -0.05) is 84.4 Å². The summed E-state index contributed by atoms with van der Waals surface area (Å²) < 4.78 is 61.1. The van der Waals surface area contributed by atoms with Crippen LogP contribution in [0.4, 0.5) is 17.6 Å². The van der Waals surface area contributed by atoms with Crippen LogP contribution in [-0.4, -0.2) is 41.9 Å². The number of ether oxygens (including phenoxy) is 1. The monoisotopic (exact) mass is 631 g/mol. The minimum absolute atomic E-state index is 0.0744. The van der Waals surface area contributed by atoms with Gasteiger partial charge in [0, 0.05) is 36.5 Å². The third-order valence-electron chi connectivity index (χ3n) is 6.97. The second-order valence-corrected chi connectivity index (χ2v) is 11.1. The normalized spacial score (nSPS) is 11.7. The molecule has 0 bridgehead atoms. The summed E-state index contributed by atoms with van der Waals surface area (Å²) in [6, 6.07) is 26.2. The number of thioether (sulfide) groups is 1. The standard InChI is InChI=1S/C33H30ClF4NO3S/c1-43-29-19-25(18-28(35)30(29)32(40)41)42-17-9-16-39(20-24-14-8-15-27(31(24)34)33(36,37)38)21-26(22-10-4-2-5-11-22)23-12-6-3-7-13-23/h2-8,10-15,18-19,26H,9,16-17,20-21H2,1H3,(H,40,41). The largest absolute Gasteiger partial charge is 0.493 e. The number of hydrogen-bond acceptors (Lipinski definition) is 4. The van der Waals surface area contributed by atoms with Crippen molar-refractivity contribution in [3.05, 3.63) is 130 Å². The van der Waals surface area contributed by atoms with Gasteiger partial charge in [0.05, 0.1) is 17.2 Å². The van der Waals surface area contributed by atoms with E-state index in [2.05, 4.69) is 0 Å². The predicted molar refractivity (Wildman–Crippen MR) is 162 cm³/mol. The van der Waals surface area contributed by atoms with Crippen LogP contribution in [0, 0.1) is 5.82 Å². The number of hydrogen-bond donors (Lipinski definition) is 1. The Labute approximate surface area is 257 Å². The van der Waals surface area contributed by atoms with Crippen LogP contribution in [0.2, 0.25) is 5.02 Å². The fourth-order valence-electron chi connectivity index (χ4n) is 4.92. The number of halogens is 5. The molecule has 0 aliphatic rings. The van der Waals surface area contributed by atoms with E-state index >= 15 is 0 Å². The number of benzene rings is 4. The van der Waals surface area contributed by atoms with Gasteiger partial charge < -0.3 is 9.84 Å². The van der Waals surface area contributed by atoms with E-state index in [0.717, 1.165) is 35.0 Å². The zero-order chi connectivity index (χ0) is 31.0. The van der Waals surface area contributed by atoms with E-state index in [-0.39, 0.29) is 34.7 Å². The van der Waals surface area contributed by atoms with Crippen LogP contribution in [-0.2, 0) is 12.7 Å². The van der Waals surface area contributed by atoms with Crippen molar-refractivity contribution in [3.63, 3.8) is 0 Å². The molecule has 43 heavy (non-hydrogen) atoms. The van der Waals surface area contributed by atoms with Crippen LogP contribution in [0.25, 0.3) is 0 Å². The van der Waals surface area contributed by atoms with Crippen molar-refractivity contribution in [1.29, 1.82) is 0 Å². The third kappa shape index (κ3) is 8.53. The molecule has 4 nitrogen and oxygen atoms in total. The number of carboxylic acids is 1. The van der Waals surface area contributed by atoms with Crippen molar-refractivity contribution < 1.29 is 32.2 Å². The molecule has 0 amide bonds. The first-order chi connectivity index (χ1) is 20.6. The number of alkyl halides is 3. The molecular formula is C33H30ClF4NO3S. The van der Waals surface area contributed by atoms with Crippen molar-refractivity contribution in [1.82, 2.24) is 4.90 Å². The number of carbonyl (C=O) groups is 1. The minimum Gasteiger partial charge on any atom is -0.493 e. The van der Waals surface area contributed by atoms with Crippen LogP contribution < -0.4 is 4.74 Å². The van der Waals surface area contributed by atoms with E-state index in [9.17, 15) is 27.5 Å². The quantitative estimate of drug-likeness (QED) is 0.0906. The Hall–Kier alpha value is -3.53. The highest BCUT2D eigenvalue weighted by atomic mass is 35.5. The van der Waals surface area contributed by atoms with Crippen molar-refractivity contribution >= 4 is 29.3 Å². The van der Waals surface area contributed by atoms with Gasteiger partial charge in [0.1, 0.15) is 17.1 Å². The van der Waals surface area contributed by atoms with Gasteiger partial charge in [-0.15, -0.1) is 11.8 Å². The molecule has 0 atom stereocenters. The molecule has 4 aromatic rings. The van der Waals surface area contributed by atoms with Gasteiger partial charge in [-0.25, -0.2) is 9.18 Å². The fraction of sp³-hybridized carbons (Fsp3) is 0.242. The van der Waals surface area contributed by atoms with Gasteiger partial charge in [-0.2, -0.15) is 13.2 Å². The average molecular weight is 632 g/mol. The maximum absolute atomic E-state index is 14.5. The van der Waals surface area contributed by atoms with E-state index in [1.165, 1.54) is 12.1 Å². The Morgan fingerprint density at radius 3 is 2.16 bits per heavy atom. The fourth-order valence-corrected chi connectivity index (χ4v) is 5.83. The molecular weight excluding hydrogens is 602 g/mol. The second-order valence-electron chi connectivity index (χ2n) is 9.88. The smallest absolute Gasteiger partial charge is 0.417 e. The molecule has 0 spiro atoms. The SMILES string of the molecule is CSc1cc(OCCCN(Cc2cccc(C(F)(F)F)c2Cl)CC(c2ccccc2)c2ccccc2)cc(F)c1C(=O)O. The lowest BCUT2D eigenvalue weighted by molar-refractivity contribution is -0.137. The molecule has 4 rings (SSSR count). The minimum atomic E-state index is -4.58. The highest BCUT2D eigenvalue weighted by Gasteiger charge is 2.34. The Bertz CT molecular complexity index is 1480. The van der Waals surface area contributed by atoms with Crippen molar-refractivity contribution in [2.75, 3.05) is 26.0 Å². The van der Waals surface area contributed by atoms with Crippen molar-refractivity contribution in [2.45, 2.75) is 30.0 Å². The number of nitrogens with zero attached hydrogens (tertiary/aromatic N) is 1. The summed E-state index contributed by atoms with van der Waals surface area (Å²) in [5.74, 6) is -2.12. The molecule has 0 radical (unpaired) electrons. The summed E-state index contributed by atoms with van der Waals surface area (Å²) >= 11 is 7.38. The first-order valence-electron chi connectivity index (χ1n) is 13.5. The highest BCUT2D eigenvalue weighted by molar-refractivity contribution is 7.98. The van der Waals surface area contributed by atoms with E-state index in [1.807, 2.05) is 65.6 Å². The molecule has 4 aromatic carbocycles. The van der Waals surface area contributed by atoms with Crippen LogP contribution in [0.15, 0.2) is 95.9 Å². The van der Waals surface area contributed by atoms with E-state index in [1.54, 1.807) is 12.3 Å². The number of carboxylic acid groups (broad SMARTS) is 1. The van der Waals surface area contributed by atoms with Gasteiger partial charge in [-0.3, -0.25) is 4.90 Å². The molecule has 10 heteroatoms. The summed E-state index contributed by atoms with van der Waals surface area (Å²) in [6.07, 6.45) is -2.47. The first-order valence-corrected chi connectivity index (χ1v) is 15.1. The number of rotatable bonds is 13. The van der Waals surface area contributed by atoms with Crippen LogP contribution in [0.3, 0.4) is 0 Å². The zero-order valence-electron chi connectivity index (χ0n) is 23.3. The summed E-state index contributed by atoms with van der Waals surface area (Å²) in [4.78, 5) is 13.7. The third-order valence-corrected chi connectivity index (χ3v) is 8.18. The lowest BCUT2D eigenvalue weighted by atomic mass is 9.90. The molecule has 0 aromatic heterocycles. The molecule has 0 saturated heterocycles. The van der Waals surface area contributed by atoms with Gasteiger partial charge in [-0.05, 0) is 41.5 Å². The second kappa shape index (κ2) is 14.8. The van der Waals surface area contributed by atoms with Gasteiger partial charge >= 0.3 is 12.1 Å². The Morgan fingerprint density at radius 2 is 1.60 bits per heavy atom. The Balaban J connectivity index is 1.57. The molecule has 0 aliphatic carbocycles. The van der Waals surface area contributed by atoms with Crippen LogP contribution >= 0.6 is 23.4 Å². The molecule has 1 N–H and O–H groups in total. The molecule has 0 fully saturated rings. The van der Waals surface area contributed by atoms with Gasteiger partial charge in [0.25, 0.3) is 0 Å². The summed E-state index contributed by atoms with van der Waals surface area (Å²) in [7, 11) is 0. The van der Waals surface area contributed by atoms with Crippen molar-refractivity contribution in [3.8, 4) is 5.75 Å². The summed E-state index contributed by atoms with van der Waals surface area (Å²) in [6.45, 7) is 1.26. The van der Waals surface area contributed by atoms with Crippen LogP contribution in [0.1, 0.15) is 45.0 Å². The maximum Gasteiger partial charge on any atom is 0.417 e. The van der Waals surface area contributed by atoms with E-state index < -0.39 is 29.1 Å². The maximum atomic E-state index is 14.5. The van der Waals surface area contributed by atoms with Gasteiger partial charge in [0.2, 0.25) is 0 Å². The lowest BCUT2D eigenvalue weighted by Gasteiger charge is -2.29.